The quantitative estimate of drug-likeness (QED) is 0.722. The Morgan fingerprint density at radius 1 is 1.45 bits per heavy atom. The second-order valence-electron chi connectivity index (χ2n) is 6.35. The molecule has 0 saturated carbocycles. The van der Waals surface area contributed by atoms with Gasteiger partial charge in [-0.15, -0.1) is 0 Å². The third-order valence-corrected chi connectivity index (χ3v) is 5.84. The van der Waals surface area contributed by atoms with Gasteiger partial charge in [0, 0.05) is 39.3 Å². The molecule has 0 aromatic rings. The number of sulfonamides is 1. The largest absolute Gasteiger partial charge is 0.383 e. The minimum atomic E-state index is -3.25. The monoisotopic (exact) mass is 307 g/mol. The van der Waals surface area contributed by atoms with E-state index in [2.05, 4.69) is 4.90 Å². The molecule has 120 valence electrons. The lowest BCUT2D eigenvalue weighted by Crippen LogP contribution is -2.52. The molecule has 0 aromatic carbocycles. The summed E-state index contributed by atoms with van der Waals surface area (Å²) in [6.07, 6.45) is 1.62. The lowest BCUT2D eigenvalue weighted by Gasteiger charge is -2.37. The van der Waals surface area contributed by atoms with Crippen LogP contribution in [0.3, 0.4) is 0 Å². The molecule has 1 atom stereocenters. The van der Waals surface area contributed by atoms with Gasteiger partial charge in [0.1, 0.15) is 0 Å². The smallest absolute Gasteiger partial charge is 0.218 e. The van der Waals surface area contributed by atoms with Crippen LogP contribution in [0.15, 0.2) is 0 Å². The van der Waals surface area contributed by atoms with E-state index in [0.29, 0.717) is 19.7 Å². The van der Waals surface area contributed by atoms with Crippen LogP contribution in [0.2, 0.25) is 0 Å². The van der Waals surface area contributed by atoms with Crippen LogP contribution < -0.4 is 5.73 Å². The molecule has 1 heterocycles. The van der Waals surface area contributed by atoms with Crippen molar-refractivity contribution in [1.29, 1.82) is 0 Å². The summed E-state index contributed by atoms with van der Waals surface area (Å²) in [5, 5.41) is -0.333. The summed E-state index contributed by atoms with van der Waals surface area (Å²) in [5.41, 5.74) is 5.73. The fourth-order valence-electron chi connectivity index (χ4n) is 2.58. The minimum absolute atomic E-state index is 0.298. The van der Waals surface area contributed by atoms with Gasteiger partial charge >= 0.3 is 0 Å². The van der Waals surface area contributed by atoms with E-state index in [-0.39, 0.29) is 10.8 Å². The van der Waals surface area contributed by atoms with Crippen molar-refractivity contribution in [3.8, 4) is 0 Å². The molecule has 1 saturated heterocycles. The maximum Gasteiger partial charge on any atom is 0.218 e. The molecule has 0 amide bonds. The number of nitrogens with zero attached hydrogens (tertiary/aromatic N) is 2. The number of piperidine rings is 1. The van der Waals surface area contributed by atoms with E-state index in [0.717, 1.165) is 25.9 Å². The summed E-state index contributed by atoms with van der Waals surface area (Å²) < 4.78 is 31.4. The van der Waals surface area contributed by atoms with Crippen LogP contribution >= 0.6 is 0 Å². The van der Waals surface area contributed by atoms with Crippen molar-refractivity contribution in [3.05, 3.63) is 0 Å². The molecule has 2 N–H and O–H groups in total. The van der Waals surface area contributed by atoms with Crippen molar-refractivity contribution >= 4 is 10.0 Å². The predicted molar refractivity (Wildman–Crippen MR) is 81.2 cm³/mol. The van der Waals surface area contributed by atoms with E-state index in [9.17, 15) is 8.42 Å². The first-order valence-corrected chi connectivity index (χ1v) is 8.62. The van der Waals surface area contributed by atoms with Gasteiger partial charge in [-0.2, -0.15) is 0 Å². The second-order valence-corrected chi connectivity index (χ2v) is 8.67. The molecule has 7 heteroatoms. The first kappa shape index (κ1) is 17.8. The SMILES string of the molecule is COCCN(C)S(=O)(=O)C1CCCN(CC(C)(C)N)C1. The lowest BCUT2D eigenvalue weighted by molar-refractivity contribution is 0.178. The standard InChI is InChI=1S/C13H29N3O3S/c1-13(2,14)11-16-7-5-6-12(10-16)20(17,18)15(3)8-9-19-4/h12H,5-11,14H2,1-4H3. The van der Waals surface area contributed by atoms with E-state index in [1.165, 1.54) is 4.31 Å². The molecule has 1 aliphatic heterocycles. The molecule has 0 radical (unpaired) electrons. The minimum Gasteiger partial charge on any atom is -0.383 e. The van der Waals surface area contributed by atoms with Gasteiger partial charge in [-0.25, -0.2) is 12.7 Å². The van der Waals surface area contributed by atoms with Crippen LogP contribution in [-0.2, 0) is 14.8 Å². The Morgan fingerprint density at radius 3 is 2.65 bits per heavy atom. The highest BCUT2D eigenvalue weighted by Gasteiger charge is 2.34. The predicted octanol–water partition coefficient (Wildman–Crippen LogP) is 0.0961. The Hall–Kier alpha value is -0.210. The Balaban J connectivity index is 2.65. The third kappa shape index (κ3) is 5.29. The van der Waals surface area contributed by atoms with E-state index < -0.39 is 10.0 Å². The van der Waals surface area contributed by atoms with E-state index in [4.69, 9.17) is 10.5 Å². The molecule has 0 aliphatic carbocycles. The van der Waals surface area contributed by atoms with Gasteiger partial charge in [0.2, 0.25) is 10.0 Å². The van der Waals surface area contributed by atoms with Crippen LogP contribution in [-0.4, -0.2) is 75.4 Å². The molecule has 1 unspecified atom stereocenters. The number of rotatable bonds is 7. The van der Waals surface area contributed by atoms with Gasteiger partial charge in [0.25, 0.3) is 0 Å². The highest BCUT2D eigenvalue weighted by atomic mass is 32.2. The lowest BCUT2D eigenvalue weighted by atomic mass is 10.0. The molecule has 0 aromatic heterocycles. The summed E-state index contributed by atoms with van der Waals surface area (Å²) in [5.74, 6) is 0. The fraction of sp³-hybridized carbons (Fsp3) is 1.00. The van der Waals surface area contributed by atoms with Gasteiger partial charge < -0.3 is 15.4 Å². The second kappa shape index (κ2) is 7.17. The summed E-state index contributed by atoms with van der Waals surface area (Å²) >= 11 is 0. The van der Waals surface area contributed by atoms with Crippen molar-refractivity contribution in [3.63, 3.8) is 0 Å². The van der Waals surface area contributed by atoms with Gasteiger partial charge in [0.15, 0.2) is 0 Å². The molecular formula is C13H29N3O3S. The number of methoxy groups -OCH3 is 1. The van der Waals surface area contributed by atoms with E-state index in [1.54, 1.807) is 14.2 Å². The molecule has 20 heavy (non-hydrogen) atoms. The number of likely N-dealkylation sites (tertiary alicyclic amines) is 1. The Morgan fingerprint density at radius 2 is 2.10 bits per heavy atom. The summed E-state index contributed by atoms with van der Waals surface area (Å²) in [7, 11) is -0.0512. The van der Waals surface area contributed by atoms with E-state index >= 15 is 0 Å². The number of hydrogen-bond donors (Lipinski definition) is 1. The van der Waals surface area contributed by atoms with Crippen molar-refractivity contribution in [2.75, 3.05) is 46.9 Å². The zero-order valence-electron chi connectivity index (χ0n) is 13.1. The number of ether oxygens (including phenoxy) is 1. The number of nitrogens with two attached hydrogens (primary N) is 1. The summed E-state index contributed by atoms with van der Waals surface area (Å²) in [4.78, 5) is 2.16. The highest BCUT2D eigenvalue weighted by molar-refractivity contribution is 7.89. The number of hydrogen-bond acceptors (Lipinski definition) is 5. The van der Waals surface area contributed by atoms with Crippen LogP contribution in [0, 0.1) is 0 Å². The van der Waals surface area contributed by atoms with Crippen molar-refractivity contribution in [2.45, 2.75) is 37.5 Å². The third-order valence-electron chi connectivity index (χ3n) is 3.56. The topological polar surface area (TPSA) is 75.9 Å². The first-order chi connectivity index (χ1) is 9.16. The van der Waals surface area contributed by atoms with Gasteiger partial charge in [-0.1, -0.05) is 0 Å². The molecule has 0 bridgehead atoms. The van der Waals surface area contributed by atoms with Gasteiger partial charge in [-0.05, 0) is 33.2 Å². The Bertz CT molecular complexity index is 392. The molecule has 1 aliphatic rings. The van der Waals surface area contributed by atoms with Gasteiger partial charge in [-0.3, -0.25) is 0 Å². The first-order valence-electron chi connectivity index (χ1n) is 7.12. The molecule has 6 nitrogen and oxygen atoms in total. The highest BCUT2D eigenvalue weighted by Crippen LogP contribution is 2.20. The van der Waals surface area contributed by atoms with Crippen LogP contribution in [0.25, 0.3) is 0 Å². The molecular weight excluding hydrogens is 278 g/mol. The number of likely N-dealkylation sites (N-methyl/N-ethyl adjacent to an activating group) is 1. The maximum atomic E-state index is 12.5. The molecule has 1 rings (SSSR count). The zero-order valence-corrected chi connectivity index (χ0v) is 13.9. The van der Waals surface area contributed by atoms with Crippen LogP contribution in [0.1, 0.15) is 26.7 Å². The zero-order chi connectivity index (χ0) is 15.4. The van der Waals surface area contributed by atoms with Crippen molar-refractivity contribution in [1.82, 2.24) is 9.21 Å². The van der Waals surface area contributed by atoms with Gasteiger partial charge in [0.05, 0.1) is 11.9 Å². The molecule has 0 spiro atoms. The van der Waals surface area contributed by atoms with Crippen molar-refractivity contribution < 1.29 is 13.2 Å². The maximum absolute atomic E-state index is 12.5. The normalized spacial score (nSPS) is 22.4. The average Bonchev–Trinajstić information content (AvgIpc) is 2.34. The fourth-order valence-corrected chi connectivity index (χ4v) is 4.28. The average molecular weight is 307 g/mol. The Kier molecular flexibility index (Phi) is 6.40. The van der Waals surface area contributed by atoms with Crippen LogP contribution in [0.5, 0.6) is 0 Å². The van der Waals surface area contributed by atoms with Crippen molar-refractivity contribution in [2.24, 2.45) is 5.73 Å². The summed E-state index contributed by atoms with van der Waals surface area (Å²) in [6, 6.07) is 0. The molecule has 1 fully saturated rings. The van der Waals surface area contributed by atoms with E-state index in [1.807, 2.05) is 13.8 Å². The Labute approximate surface area is 123 Å². The summed E-state index contributed by atoms with van der Waals surface area (Å²) in [6.45, 7) is 6.97. The van der Waals surface area contributed by atoms with Crippen LogP contribution in [0.4, 0.5) is 0 Å².